The lowest BCUT2D eigenvalue weighted by Crippen LogP contribution is -2.34. The largest absolute Gasteiger partial charge is 0.367 e. The molecule has 5 nitrogen and oxygen atoms in total. The van der Waals surface area contributed by atoms with Crippen molar-refractivity contribution < 1.29 is 13.7 Å². The Bertz CT molecular complexity index is 835. The van der Waals surface area contributed by atoms with Gasteiger partial charge in [0, 0.05) is 31.2 Å². The van der Waals surface area contributed by atoms with Gasteiger partial charge in [-0.25, -0.2) is 4.39 Å². The van der Waals surface area contributed by atoms with Crippen molar-refractivity contribution in [2.45, 2.75) is 24.9 Å². The number of rotatable bonds is 6. The first-order chi connectivity index (χ1) is 12.9. The zero-order valence-corrected chi connectivity index (χ0v) is 15.6. The van der Waals surface area contributed by atoms with E-state index in [1.165, 1.54) is 5.56 Å². The highest BCUT2D eigenvalue weighted by atomic mass is 35.5. The van der Waals surface area contributed by atoms with E-state index in [1.807, 2.05) is 37.4 Å². The lowest BCUT2D eigenvalue weighted by molar-refractivity contribution is -0.387. The fourth-order valence-corrected chi connectivity index (χ4v) is 3.80. The van der Waals surface area contributed by atoms with Gasteiger partial charge >= 0.3 is 5.69 Å². The van der Waals surface area contributed by atoms with E-state index in [9.17, 15) is 18.9 Å². The molecule has 0 saturated carbocycles. The molecule has 0 aliphatic carbocycles. The summed E-state index contributed by atoms with van der Waals surface area (Å²) in [6.45, 7) is 1.78. The van der Waals surface area contributed by atoms with Crippen molar-refractivity contribution in [2.75, 3.05) is 25.0 Å². The van der Waals surface area contributed by atoms with Crippen LogP contribution >= 0.6 is 11.6 Å². The zero-order valence-electron chi connectivity index (χ0n) is 14.9. The highest BCUT2D eigenvalue weighted by molar-refractivity contribution is 6.17. The van der Waals surface area contributed by atoms with Gasteiger partial charge in [-0.3, -0.25) is 15.0 Å². The van der Waals surface area contributed by atoms with Crippen molar-refractivity contribution in [3.8, 4) is 0 Å². The number of likely N-dealkylation sites (N-methyl/N-ethyl adjacent to an activating group) is 1. The van der Waals surface area contributed by atoms with Crippen LogP contribution in [0.4, 0.5) is 20.2 Å². The number of nitro benzene ring substituents is 1. The van der Waals surface area contributed by atoms with Crippen LogP contribution in [0, 0.1) is 21.7 Å². The number of anilines is 1. The molecule has 0 bridgehead atoms. The fraction of sp³-hybridized carbons (Fsp3) is 0.368. The van der Waals surface area contributed by atoms with Gasteiger partial charge < -0.3 is 4.90 Å². The first kappa shape index (κ1) is 19.5. The van der Waals surface area contributed by atoms with Gasteiger partial charge in [0.25, 0.3) is 0 Å². The molecule has 3 rings (SSSR count). The molecule has 0 spiro atoms. The molecule has 8 heteroatoms. The van der Waals surface area contributed by atoms with Gasteiger partial charge in [-0.05, 0) is 19.0 Å². The standard InChI is InChI=1S/C19H20ClF2N3O2/c1-23(11-13-5-3-2-4-6-13)14-7-8-24(12-14)19-15(10-20)18(22)17(25(26)27)9-16(19)21/h2-6,9,14H,7-8,10-12H2,1H3. The molecule has 1 saturated heterocycles. The summed E-state index contributed by atoms with van der Waals surface area (Å²) in [5.74, 6) is -2.21. The van der Waals surface area contributed by atoms with Crippen LogP contribution in [0.1, 0.15) is 17.5 Å². The zero-order chi connectivity index (χ0) is 19.6. The first-order valence-electron chi connectivity index (χ1n) is 8.62. The second kappa shape index (κ2) is 8.19. The Morgan fingerprint density at radius 1 is 1.33 bits per heavy atom. The van der Waals surface area contributed by atoms with Crippen LogP contribution < -0.4 is 4.90 Å². The van der Waals surface area contributed by atoms with Crippen LogP contribution in [0.15, 0.2) is 36.4 Å². The molecule has 1 unspecified atom stereocenters. The Morgan fingerprint density at radius 3 is 2.67 bits per heavy atom. The molecule has 1 fully saturated rings. The second-order valence-electron chi connectivity index (χ2n) is 6.70. The molecule has 0 radical (unpaired) electrons. The minimum atomic E-state index is -1.06. The number of nitrogens with zero attached hydrogens (tertiary/aromatic N) is 3. The predicted octanol–water partition coefficient (Wildman–Crippen LogP) is 4.32. The maximum atomic E-state index is 14.6. The molecule has 1 atom stereocenters. The Hall–Kier alpha value is -2.25. The van der Waals surface area contributed by atoms with Crippen LogP contribution in [0.3, 0.4) is 0 Å². The van der Waals surface area contributed by atoms with E-state index in [0.717, 1.165) is 13.0 Å². The van der Waals surface area contributed by atoms with Crippen molar-refractivity contribution in [1.82, 2.24) is 4.90 Å². The number of hydrogen-bond donors (Lipinski definition) is 0. The summed E-state index contributed by atoms with van der Waals surface area (Å²) in [5, 5.41) is 10.9. The highest BCUT2D eigenvalue weighted by Gasteiger charge is 2.32. The maximum Gasteiger partial charge on any atom is 0.308 e. The summed E-state index contributed by atoms with van der Waals surface area (Å²) in [7, 11) is 2.00. The molecule has 1 aliphatic heterocycles. The molecule has 0 amide bonds. The highest BCUT2D eigenvalue weighted by Crippen LogP contribution is 2.36. The van der Waals surface area contributed by atoms with Gasteiger partial charge in [-0.1, -0.05) is 30.3 Å². The van der Waals surface area contributed by atoms with E-state index in [2.05, 4.69) is 4.90 Å². The molecule has 2 aromatic carbocycles. The summed E-state index contributed by atoms with van der Waals surface area (Å²) in [5.41, 5.74) is 0.162. The molecule has 1 aliphatic rings. The number of halogens is 3. The normalized spacial score (nSPS) is 16.9. The fourth-order valence-electron chi connectivity index (χ4n) is 3.56. The summed E-state index contributed by atoms with van der Waals surface area (Å²) in [6.07, 6.45) is 0.781. The van der Waals surface area contributed by atoms with Crippen molar-refractivity contribution in [3.63, 3.8) is 0 Å². The summed E-state index contributed by atoms with van der Waals surface area (Å²) >= 11 is 5.80. The van der Waals surface area contributed by atoms with Gasteiger partial charge in [0.05, 0.1) is 22.6 Å². The topological polar surface area (TPSA) is 49.6 Å². The molecular formula is C19H20ClF2N3O2. The van der Waals surface area contributed by atoms with E-state index in [1.54, 1.807) is 4.90 Å². The summed E-state index contributed by atoms with van der Waals surface area (Å²) in [6, 6.07) is 10.8. The van der Waals surface area contributed by atoms with Crippen molar-refractivity contribution >= 4 is 23.0 Å². The number of alkyl halides is 1. The molecular weight excluding hydrogens is 376 g/mol. The Balaban J connectivity index is 1.80. The quantitative estimate of drug-likeness (QED) is 0.415. The third-order valence-electron chi connectivity index (χ3n) is 4.97. The molecule has 2 aromatic rings. The minimum Gasteiger partial charge on any atom is -0.367 e. The van der Waals surface area contributed by atoms with Crippen LogP contribution in [0.5, 0.6) is 0 Å². The van der Waals surface area contributed by atoms with E-state index in [4.69, 9.17) is 11.6 Å². The van der Waals surface area contributed by atoms with Crippen LogP contribution in [0.2, 0.25) is 0 Å². The number of hydrogen-bond acceptors (Lipinski definition) is 4. The SMILES string of the molecule is CN(Cc1ccccc1)C1CCN(c2c(F)cc([N+](=O)[O-])c(F)c2CCl)C1. The predicted molar refractivity (Wildman–Crippen MR) is 101 cm³/mol. The summed E-state index contributed by atoms with van der Waals surface area (Å²) < 4.78 is 29.0. The monoisotopic (exact) mass is 395 g/mol. The Morgan fingerprint density at radius 2 is 2.04 bits per heavy atom. The van der Waals surface area contributed by atoms with E-state index in [-0.39, 0.29) is 23.2 Å². The molecule has 1 heterocycles. The summed E-state index contributed by atoms with van der Waals surface area (Å²) in [4.78, 5) is 13.9. The van der Waals surface area contributed by atoms with Crippen LogP contribution in [0.25, 0.3) is 0 Å². The van der Waals surface area contributed by atoms with Gasteiger partial charge in [-0.15, -0.1) is 11.6 Å². The van der Waals surface area contributed by atoms with Gasteiger partial charge in [-0.2, -0.15) is 4.39 Å². The third kappa shape index (κ3) is 4.04. The average Bonchev–Trinajstić information content (AvgIpc) is 3.13. The first-order valence-corrected chi connectivity index (χ1v) is 9.16. The van der Waals surface area contributed by atoms with Crippen LogP contribution in [-0.2, 0) is 12.4 Å². The Kier molecular flexibility index (Phi) is 5.92. The van der Waals surface area contributed by atoms with Gasteiger partial charge in [0.2, 0.25) is 5.82 Å². The van der Waals surface area contributed by atoms with Crippen LogP contribution in [-0.4, -0.2) is 36.0 Å². The van der Waals surface area contributed by atoms with Gasteiger partial charge in [0.1, 0.15) is 0 Å². The number of benzene rings is 2. The van der Waals surface area contributed by atoms with Gasteiger partial charge in [0.15, 0.2) is 5.82 Å². The number of nitro groups is 1. The molecule has 144 valence electrons. The van der Waals surface area contributed by atoms with E-state index in [0.29, 0.717) is 19.2 Å². The smallest absolute Gasteiger partial charge is 0.308 e. The van der Waals surface area contributed by atoms with Crippen molar-refractivity contribution in [1.29, 1.82) is 0 Å². The van der Waals surface area contributed by atoms with E-state index >= 15 is 0 Å². The molecule has 0 N–H and O–H groups in total. The lowest BCUT2D eigenvalue weighted by Gasteiger charge is -2.26. The molecule has 27 heavy (non-hydrogen) atoms. The maximum absolute atomic E-state index is 14.6. The average molecular weight is 396 g/mol. The molecule has 0 aromatic heterocycles. The van der Waals surface area contributed by atoms with Crippen molar-refractivity contribution in [3.05, 3.63) is 69.3 Å². The minimum absolute atomic E-state index is 0.0312. The van der Waals surface area contributed by atoms with E-state index < -0.39 is 22.2 Å². The lowest BCUT2D eigenvalue weighted by atomic mass is 10.1. The van der Waals surface area contributed by atoms with Crippen molar-refractivity contribution in [2.24, 2.45) is 0 Å². The second-order valence-corrected chi connectivity index (χ2v) is 6.97. The Labute approximate surface area is 161 Å². The third-order valence-corrected chi connectivity index (χ3v) is 5.24.